The Hall–Kier alpha value is -2.88. The predicted octanol–water partition coefficient (Wildman–Crippen LogP) is 6.00. The van der Waals surface area contributed by atoms with Gasteiger partial charge in [0.25, 0.3) is 0 Å². The zero-order valence-electron chi connectivity index (χ0n) is 18.7. The Balaban J connectivity index is 2.33. The second-order valence-corrected chi connectivity index (χ2v) is 8.18. The van der Waals surface area contributed by atoms with Crippen molar-refractivity contribution in [2.24, 2.45) is 0 Å². The lowest BCUT2D eigenvalue weighted by Gasteiger charge is -2.17. The van der Waals surface area contributed by atoms with Crippen LogP contribution in [0.15, 0.2) is 47.6 Å². The zero-order valence-corrected chi connectivity index (χ0v) is 18.7. The van der Waals surface area contributed by atoms with Crippen LogP contribution in [-0.4, -0.2) is 22.4 Å². The molecular weight excluding hydrogens is 376 g/mol. The quantitative estimate of drug-likeness (QED) is 0.350. The molecule has 0 bridgehead atoms. The Labute approximate surface area is 180 Å². The van der Waals surface area contributed by atoms with Gasteiger partial charge in [-0.15, -0.1) is 0 Å². The van der Waals surface area contributed by atoms with Crippen LogP contribution in [0, 0.1) is 0 Å². The van der Waals surface area contributed by atoms with Gasteiger partial charge in [-0.2, -0.15) is 0 Å². The molecule has 0 unspecified atom stereocenters. The van der Waals surface area contributed by atoms with Crippen molar-refractivity contribution in [3.05, 3.63) is 69.8 Å². The molecule has 0 aliphatic heterocycles. The molecule has 0 saturated heterocycles. The summed E-state index contributed by atoms with van der Waals surface area (Å²) >= 11 is 0. The van der Waals surface area contributed by atoms with Crippen molar-refractivity contribution in [2.75, 3.05) is 7.11 Å². The van der Waals surface area contributed by atoms with Gasteiger partial charge in [0.1, 0.15) is 11.5 Å². The van der Waals surface area contributed by atoms with Gasteiger partial charge in [0.2, 0.25) is 0 Å². The van der Waals surface area contributed by atoms with E-state index in [9.17, 15) is 15.3 Å². The molecule has 0 radical (unpaired) electrons. The van der Waals surface area contributed by atoms with Crippen molar-refractivity contribution in [3.8, 4) is 23.0 Å². The average Bonchev–Trinajstić information content (AvgIpc) is 2.69. The second kappa shape index (κ2) is 10.8. The lowest BCUT2D eigenvalue weighted by atomic mass is 9.90. The lowest BCUT2D eigenvalue weighted by Crippen LogP contribution is -2.02. The van der Waals surface area contributed by atoms with Crippen LogP contribution in [0.5, 0.6) is 23.0 Å². The molecule has 0 spiro atoms. The minimum atomic E-state index is -0.0645. The Morgan fingerprint density at radius 2 is 1.43 bits per heavy atom. The van der Waals surface area contributed by atoms with Crippen molar-refractivity contribution in [3.63, 3.8) is 0 Å². The molecule has 3 N–H and O–H groups in total. The Morgan fingerprint density at radius 3 is 2.03 bits per heavy atom. The van der Waals surface area contributed by atoms with Gasteiger partial charge in [0.05, 0.1) is 7.11 Å². The molecular formula is C26H34O4. The highest BCUT2D eigenvalue weighted by Gasteiger charge is 2.16. The van der Waals surface area contributed by atoms with Crippen LogP contribution in [-0.2, 0) is 25.7 Å². The van der Waals surface area contributed by atoms with Gasteiger partial charge in [-0.25, -0.2) is 0 Å². The maximum atomic E-state index is 10.5. The van der Waals surface area contributed by atoms with Gasteiger partial charge in [-0.1, -0.05) is 29.4 Å². The van der Waals surface area contributed by atoms with E-state index >= 15 is 0 Å². The van der Waals surface area contributed by atoms with Crippen LogP contribution in [0.3, 0.4) is 0 Å². The van der Waals surface area contributed by atoms with E-state index in [1.165, 1.54) is 11.1 Å². The first-order valence-corrected chi connectivity index (χ1v) is 10.4. The molecule has 0 aromatic heterocycles. The number of phenolic OH excluding ortho intramolecular Hbond substituents is 3. The zero-order chi connectivity index (χ0) is 22.3. The van der Waals surface area contributed by atoms with Crippen LogP contribution in [0.2, 0.25) is 0 Å². The molecule has 4 heteroatoms. The second-order valence-electron chi connectivity index (χ2n) is 8.18. The van der Waals surface area contributed by atoms with Gasteiger partial charge in [-0.05, 0) is 88.6 Å². The monoisotopic (exact) mass is 410 g/mol. The topological polar surface area (TPSA) is 69.9 Å². The molecule has 0 aliphatic carbocycles. The van der Waals surface area contributed by atoms with E-state index in [0.717, 1.165) is 47.9 Å². The number of allylic oxidation sites excluding steroid dienone is 4. The molecule has 0 saturated carbocycles. The fourth-order valence-corrected chi connectivity index (χ4v) is 3.53. The largest absolute Gasteiger partial charge is 0.508 e. The summed E-state index contributed by atoms with van der Waals surface area (Å²) in [6, 6.07) is 6.87. The Bertz CT molecular complexity index is 931. The fourth-order valence-electron chi connectivity index (χ4n) is 3.53. The SMILES string of the molecule is COc1cc(O)ccc1CCCc1cc(O)c(O)c(CC=C(C)C)c1CC=C(C)C. The number of aryl methyl sites for hydroxylation is 2. The highest BCUT2D eigenvalue weighted by molar-refractivity contribution is 5.54. The fraction of sp³-hybridized carbons (Fsp3) is 0.385. The van der Waals surface area contributed by atoms with Crippen molar-refractivity contribution < 1.29 is 20.1 Å². The molecule has 4 nitrogen and oxygen atoms in total. The number of phenols is 3. The van der Waals surface area contributed by atoms with Crippen molar-refractivity contribution in [1.82, 2.24) is 0 Å². The summed E-state index contributed by atoms with van der Waals surface area (Å²) in [6.45, 7) is 8.18. The van der Waals surface area contributed by atoms with Gasteiger partial charge in [0.15, 0.2) is 11.5 Å². The van der Waals surface area contributed by atoms with Crippen LogP contribution < -0.4 is 4.74 Å². The van der Waals surface area contributed by atoms with Gasteiger partial charge in [0, 0.05) is 11.6 Å². The van der Waals surface area contributed by atoms with Crippen molar-refractivity contribution in [1.29, 1.82) is 0 Å². The molecule has 0 heterocycles. The summed E-state index contributed by atoms with van der Waals surface area (Å²) < 4.78 is 5.38. The summed E-state index contributed by atoms with van der Waals surface area (Å²) in [4.78, 5) is 0. The van der Waals surface area contributed by atoms with E-state index in [1.807, 2.05) is 19.9 Å². The Kier molecular flexibility index (Phi) is 8.40. The number of rotatable bonds is 9. The summed E-state index contributed by atoms with van der Waals surface area (Å²) in [6.07, 6.45) is 7.96. The first-order valence-electron chi connectivity index (χ1n) is 10.4. The van der Waals surface area contributed by atoms with E-state index in [0.29, 0.717) is 12.2 Å². The van der Waals surface area contributed by atoms with Crippen LogP contribution in [0.1, 0.15) is 56.4 Å². The van der Waals surface area contributed by atoms with E-state index in [2.05, 4.69) is 26.0 Å². The summed E-state index contributed by atoms with van der Waals surface area (Å²) in [5.74, 6) is 0.781. The number of ether oxygens (including phenoxy) is 1. The molecule has 2 rings (SSSR count). The lowest BCUT2D eigenvalue weighted by molar-refractivity contribution is 0.398. The predicted molar refractivity (Wildman–Crippen MR) is 123 cm³/mol. The minimum Gasteiger partial charge on any atom is -0.508 e. The molecule has 0 fully saturated rings. The highest BCUT2D eigenvalue weighted by Crippen LogP contribution is 2.36. The number of hydrogen-bond acceptors (Lipinski definition) is 4. The van der Waals surface area contributed by atoms with Crippen molar-refractivity contribution in [2.45, 2.75) is 59.8 Å². The van der Waals surface area contributed by atoms with E-state index in [4.69, 9.17) is 4.74 Å². The smallest absolute Gasteiger partial charge is 0.161 e. The first kappa shape index (κ1) is 23.4. The van der Waals surface area contributed by atoms with Gasteiger partial charge in [-0.3, -0.25) is 0 Å². The molecule has 0 aliphatic rings. The number of aromatic hydroxyl groups is 3. The first-order chi connectivity index (χ1) is 14.2. The summed E-state index contributed by atoms with van der Waals surface area (Å²) in [5.41, 5.74) is 6.36. The third-order valence-electron chi connectivity index (χ3n) is 5.18. The maximum absolute atomic E-state index is 10.5. The normalized spacial score (nSPS) is 10.6. The third kappa shape index (κ3) is 6.31. The molecule has 162 valence electrons. The molecule has 2 aromatic rings. The summed E-state index contributed by atoms with van der Waals surface area (Å²) in [5, 5.41) is 30.5. The van der Waals surface area contributed by atoms with Crippen LogP contribution in [0.4, 0.5) is 0 Å². The highest BCUT2D eigenvalue weighted by atomic mass is 16.5. The van der Waals surface area contributed by atoms with Crippen LogP contribution in [0.25, 0.3) is 0 Å². The van der Waals surface area contributed by atoms with E-state index < -0.39 is 0 Å². The number of methoxy groups -OCH3 is 1. The molecule has 30 heavy (non-hydrogen) atoms. The van der Waals surface area contributed by atoms with Crippen LogP contribution >= 0.6 is 0 Å². The third-order valence-corrected chi connectivity index (χ3v) is 5.18. The molecule has 2 aromatic carbocycles. The minimum absolute atomic E-state index is 0.0198. The molecule has 0 amide bonds. The van der Waals surface area contributed by atoms with E-state index in [1.54, 1.807) is 25.3 Å². The Morgan fingerprint density at radius 1 is 0.833 bits per heavy atom. The van der Waals surface area contributed by atoms with Gasteiger partial charge >= 0.3 is 0 Å². The van der Waals surface area contributed by atoms with Crippen molar-refractivity contribution >= 4 is 0 Å². The standard InChI is InChI=1S/C26H34O4/c1-17(2)9-13-22-20(15-24(28)26(29)23(22)14-10-18(3)4)8-6-7-19-11-12-21(27)16-25(19)30-5/h9-12,15-16,27-29H,6-8,13-14H2,1-5H3. The summed E-state index contributed by atoms with van der Waals surface area (Å²) in [7, 11) is 1.60. The van der Waals surface area contributed by atoms with Gasteiger partial charge < -0.3 is 20.1 Å². The maximum Gasteiger partial charge on any atom is 0.161 e. The average molecular weight is 411 g/mol. The number of benzene rings is 2. The number of hydrogen-bond donors (Lipinski definition) is 3. The van der Waals surface area contributed by atoms with E-state index in [-0.39, 0.29) is 17.2 Å². The molecule has 0 atom stereocenters.